The summed E-state index contributed by atoms with van der Waals surface area (Å²) < 4.78 is 26.4. The maximum atomic E-state index is 15.2. The maximum Gasteiger partial charge on any atom is 0.172 e. The second-order valence-electron chi connectivity index (χ2n) is 7.57. The molecule has 0 amide bonds. The van der Waals surface area contributed by atoms with Gasteiger partial charge in [0.05, 0.1) is 24.8 Å². The molecule has 4 rings (SSSR count). The summed E-state index contributed by atoms with van der Waals surface area (Å²) >= 11 is 6.30. The van der Waals surface area contributed by atoms with Gasteiger partial charge in [-0.1, -0.05) is 66.2 Å². The van der Waals surface area contributed by atoms with Crippen molar-refractivity contribution in [1.82, 2.24) is 0 Å². The van der Waals surface area contributed by atoms with E-state index in [1.165, 1.54) is 6.07 Å². The first-order valence-electron chi connectivity index (χ1n) is 10.6. The summed E-state index contributed by atoms with van der Waals surface area (Å²) in [5, 5.41) is 12.3. The van der Waals surface area contributed by atoms with Crippen LogP contribution in [0, 0.1) is 0 Å². The first-order chi connectivity index (χ1) is 16.5. The average Bonchev–Trinajstić information content (AvgIpc) is 2.89. The lowest BCUT2D eigenvalue weighted by Gasteiger charge is -2.22. The highest BCUT2D eigenvalue weighted by molar-refractivity contribution is 7.82. The fourth-order valence-corrected chi connectivity index (χ4v) is 6.86. The van der Waals surface area contributed by atoms with E-state index in [0.717, 1.165) is 5.56 Å². The third-order valence-electron chi connectivity index (χ3n) is 5.53. The second kappa shape index (κ2) is 10.2. The number of phenols is 1. The van der Waals surface area contributed by atoms with Crippen molar-refractivity contribution in [3.8, 4) is 17.2 Å². The number of halogens is 1. The minimum absolute atomic E-state index is 0.0334. The van der Waals surface area contributed by atoms with Crippen molar-refractivity contribution >= 4 is 34.9 Å². The quantitative estimate of drug-likeness (QED) is 0.302. The van der Waals surface area contributed by atoms with E-state index >= 15 is 4.57 Å². The van der Waals surface area contributed by atoms with Gasteiger partial charge in [-0.05, 0) is 59.4 Å². The third kappa shape index (κ3) is 4.61. The number of benzene rings is 4. The van der Waals surface area contributed by atoms with Crippen LogP contribution in [-0.4, -0.2) is 19.3 Å². The number of hydrogen-bond acceptors (Lipinski definition) is 4. The van der Waals surface area contributed by atoms with Gasteiger partial charge in [0.1, 0.15) is 17.2 Å². The Bertz CT molecular complexity index is 1330. The second-order valence-corrected chi connectivity index (χ2v) is 10.5. The van der Waals surface area contributed by atoms with Gasteiger partial charge in [0, 0.05) is 10.6 Å². The molecule has 0 saturated heterocycles. The summed E-state index contributed by atoms with van der Waals surface area (Å²) in [6.45, 7) is 0. The van der Waals surface area contributed by atoms with Crippen LogP contribution in [0.1, 0.15) is 11.1 Å². The van der Waals surface area contributed by atoms with Crippen LogP contribution in [0.4, 0.5) is 0 Å². The molecule has 0 aromatic heterocycles. The Labute approximate surface area is 204 Å². The Morgan fingerprint density at radius 3 is 1.88 bits per heavy atom. The summed E-state index contributed by atoms with van der Waals surface area (Å²) in [7, 11) is -0.417. The fourth-order valence-electron chi connectivity index (χ4n) is 3.90. The highest BCUT2D eigenvalue weighted by Crippen LogP contribution is 2.53. The molecule has 0 spiro atoms. The Morgan fingerprint density at radius 2 is 1.32 bits per heavy atom. The first kappa shape index (κ1) is 23.7. The Morgan fingerprint density at radius 1 is 0.794 bits per heavy atom. The van der Waals surface area contributed by atoms with Crippen LogP contribution in [0.15, 0.2) is 103 Å². The van der Waals surface area contributed by atoms with Gasteiger partial charge in [0.15, 0.2) is 7.14 Å². The fraction of sp³-hybridized carbons (Fsp3) is 0.0714. The molecular weight excluding hydrogens is 467 g/mol. The lowest BCUT2D eigenvalue weighted by molar-refractivity contribution is 0.416. The van der Waals surface area contributed by atoms with E-state index < -0.39 is 7.14 Å². The summed E-state index contributed by atoms with van der Waals surface area (Å²) in [4.78, 5) is 0. The highest BCUT2D eigenvalue weighted by Gasteiger charge is 2.32. The predicted octanol–water partition coefficient (Wildman–Crippen LogP) is 6.47. The number of methoxy groups -OCH3 is 2. The lowest BCUT2D eigenvalue weighted by Crippen LogP contribution is -2.18. The zero-order valence-electron chi connectivity index (χ0n) is 18.8. The topological polar surface area (TPSA) is 55.8 Å². The van der Waals surface area contributed by atoms with Crippen LogP contribution in [-0.2, 0) is 4.57 Å². The minimum Gasteiger partial charge on any atom is -0.507 e. The van der Waals surface area contributed by atoms with Gasteiger partial charge in [-0.25, -0.2) is 0 Å². The zero-order valence-corrected chi connectivity index (χ0v) is 20.5. The van der Waals surface area contributed by atoms with Crippen molar-refractivity contribution in [2.75, 3.05) is 14.2 Å². The molecular formula is C28H24ClO4P. The van der Waals surface area contributed by atoms with Crippen LogP contribution in [0.2, 0.25) is 5.02 Å². The van der Waals surface area contributed by atoms with E-state index in [1.54, 1.807) is 56.4 Å². The van der Waals surface area contributed by atoms with Crippen LogP contribution >= 0.6 is 18.7 Å². The van der Waals surface area contributed by atoms with E-state index in [0.29, 0.717) is 38.3 Å². The zero-order chi connectivity index (χ0) is 24.1. The number of phenolic OH excluding ortho intramolecular Hbond substituents is 1. The van der Waals surface area contributed by atoms with Gasteiger partial charge in [-0.2, -0.15) is 0 Å². The monoisotopic (exact) mass is 490 g/mol. The molecule has 4 aromatic rings. The minimum atomic E-state index is -3.52. The van der Waals surface area contributed by atoms with Gasteiger partial charge in [-0.15, -0.1) is 0 Å². The molecule has 0 atom stereocenters. The van der Waals surface area contributed by atoms with E-state index in [2.05, 4.69) is 0 Å². The van der Waals surface area contributed by atoms with Crippen molar-refractivity contribution < 1.29 is 19.1 Å². The molecule has 4 aromatic carbocycles. The van der Waals surface area contributed by atoms with Crippen LogP contribution in [0.5, 0.6) is 17.2 Å². The molecule has 0 unspecified atom stereocenters. The van der Waals surface area contributed by atoms with Crippen LogP contribution < -0.4 is 20.1 Å². The number of hydrogen-bond donors (Lipinski definition) is 1. The van der Waals surface area contributed by atoms with Crippen molar-refractivity contribution in [1.29, 1.82) is 0 Å². The molecule has 0 radical (unpaired) electrons. The van der Waals surface area contributed by atoms with Crippen molar-refractivity contribution in [2.45, 2.75) is 0 Å². The highest BCUT2D eigenvalue weighted by atomic mass is 35.5. The molecule has 34 heavy (non-hydrogen) atoms. The van der Waals surface area contributed by atoms with E-state index in [-0.39, 0.29) is 5.75 Å². The summed E-state index contributed by atoms with van der Waals surface area (Å²) in [6.07, 6.45) is 0. The van der Waals surface area contributed by atoms with Gasteiger partial charge >= 0.3 is 0 Å². The molecule has 0 bridgehead atoms. The lowest BCUT2D eigenvalue weighted by atomic mass is 9.99. The number of aromatic hydroxyl groups is 1. The summed E-state index contributed by atoms with van der Waals surface area (Å²) in [6, 6.07) is 28.8. The van der Waals surface area contributed by atoms with Crippen molar-refractivity contribution in [2.24, 2.45) is 0 Å². The molecule has 0 fully saturated rings. The normalized spacial score (nSPS) is 11.8. The average molecular weight is 491 g/mol. The molecule has 6 heteroatoms. The van der Waals surface area contributed by atoms with Gasteiger partial charge < -0.3 is 19.1 Å². The number of ether oxygens (including phenoxy) is 2. The molecule has 0 saturated carbocycles. The molecule has 4 nitrogen and oxygen atoms in total. The smallest absolute Gasteiger partial charge is 0.172 e. The molecule has 0 aliphatic rings. The van der Waals surface area contributed by atoms with Crippen molar-refractivity contribution in [3.05, 3.63) is 119 Å². The van der Waals surface area contributed by atoms with Crippen molar-refractivity contribution in [3.63, 3.8) is 0 Å². The van der Waals surface area contributed by atoms with E-state index in [4.69, 9.17) is 21.1 Å². The van der Waals surface area contributed by atoms with E-state index in [9.17, 15) is 5.11 Å². The third-order valence-corrected chi connectivity index (χ3v) is 8.56. The SMILES string of the molecule is COc1ccccc1P(=O)(/C=C(/c1ccccc1)c1cc(Cl)ccc1O)c1ccccc1OC. The predicted molar refractivity (Wildman–Crippen MR) is 140 cm³/mol. The standard InChI is InChI=1S/C28H24ClO4P/c1-32-25-12-6-8-14-27(25)34(31,28-15-9-7-13-26(28)33-2)19-23(20-10-4-3-5-11-20)22-18-21(29)16-17-24(22)30/h3-19,30H,1-2H3/b23-19-. The number of para-hydroxylation sites is 2. The van der Waals surface area contributed by atoms with Crippen LogP contribution in [0.3, 0.4) is 0 Å². The molecule has 0 aliphatic heterocycles. The largest absolute Gasteiger partial charge is 0.507 e. The number of rotatable bonds is 7. The molecule has 0 aliphatic carbocycles. The summed E-state index contributed by atoms with van der Waals surface area (Å²) in [5.74, 6) is 2.74. The molecule has 0 heterocycles. The van der Waals surface area contributed by atoms with E-state index in [1.807, 2.05) is 54.6 Å². The maximum absolute atomic E-state index is 15.2. The van der Waals surface area contributed by atoms with Gasteiger partial charge in [0.25, 0.3) is 0 Å². The molecule has 1 N–H and O–H groups in total. The Hall–Kier alpha value is -3.46. The van der Waals surface area contributed by atoms with Gasteiger partial charge in [-0.3, -0.25) is 0 Å². The van der Waals surface area contributed by atoms with Crippen LogP contribution in [0.25, 0.3) is 5.57 Å². The first-order valence-corrected chi connectivity index (χ1v) is 12.8. The molecule has 172 valence electrons. The Balaban J connectivity index is 2.12. The van der Waals surface area contributed by atoms with Gasteiger partial charge in [0.2, 0.25) is 0 Å². The Kier molecular flexibility index (Phi) is 7.12. The summed E-state index contributed by atoms with van der Waals surface area (Å²) in [5.41, 5.74) is 1.84.